The molecule has 47 heteroatoms. The first-order chi connectivity index (χ1) is 66.6. The molecule has 814 valence electrons. The predicted octanol–water partition coefficient (Wildman–Crippen LogP) is -4.73. The molecule has 0 aromatic heterocycles. The number of fused-ring (bicyclic) bond motifs is 7. The second-order valence-corrected chi connectivity index (χ2v) is 43.6. The Morgan fingerprint density at radius 3 is 1.65 bits per heavy atom. The molecule has 5 aliphatic carbocycles. The lowest BCUT2D eigenvalue weighted by atomic mass is 9.33. The summed E-state index contributed by atoms with van der Waals surface area (Å²) in [6, 6.07) is 0. The Kier molecular flexibility index (Phi) is 36.6. The number of aliphatic hydroxyl groups is 21. The van der Waals surface area contributed by atoms with E-state index in [0.29, 0.717) is 38.5 Å². The summed E-state index contributed by atoms with van der Waals surface area (Å²) in [6.45, 7) is 20.4. The number of allylic oxidation sites excluding steroid dienone is 2. The summed E-state index contributed by atoms with van der Waals surface area (Å²) in [4.78, 5) is 86.6. The molecule has 0 radical (unpaired) electrons. The lowest BCUT2D eigenvalue weighted by molar-refractivity contribution is -0.394. The largest absolute Gasteiger partial charge is 0.479 e. The third-order valence-corrected chi connectivity index (χ3v) is 33.9. The van der Waals surface area contributed by atoms with Crippen molar-refractivity contribution in [3.8, 4) is 0 Å². The van der Waals surface area contributed by atoms with Crippen LogP contribution in [0, 0.1) is 62.1 Å². The van der Waals surface area contributed by atoms with Gasteiger partial charge in [0.2, 0.25) is 6.29 Å². The molecule has 0 amide bonds. The topological polar surface area (TPSA) is 723 Å². The van der Waals surface area contributed by atoms with Crippen molar-refractivity contribution >= 4 is 36.1 Å². The Morgan fingerprint density at radius 1 is 0.507 bits per heavy atom. The first kappa shape index (κ1) is 114. The summed E-state index contributed by atoms with van der Waals surface area (Å²) < 4.78 is 116. The first-order valence-corrected chi connectivity index (χ1v) is 49.6. The number of aldehydes is 1. The van der Waals surface area contributed by atoms with Crippen LogP contribution in [0.4, 0.5) is 0 Å². The molecule has 12 fully saturated rings. The summed E-state index contributed by atoms with van der Waals surface area (Å²) in [6.07, 6.45) is -68.6. The van der Waals surface area contributed by atoms with E-state index < -0.39 is 383 Å². The minimum atomic E-state index is -2.28. The zero-order valence-corrected chi connectivity index (χ0v) is 82.4. The summed E-state index contributed by atoms with van der Waals surface area (Å²) in [5.74, 6) is -8.46. The van der Waals surface area contributed by atoms with Crippen LogP contribution < -0.4 is 0 Å². The van der Waals surface area contributed by atoms with Crippen LogP contribution in [0.3, 0.4) is 0 Å². The molecule has 13 rings (SSSR count). The van der Waals surface area contributed by atoms with Crippen molar-refractivity contribution in [3.63, 3.8) is 0 Å². The number of carboxylic acid groups (broad SMARTS) is 1. The molecule has 142 heavy (non-hydrogen) atoms. The zero-order valence-electron chi connectivity index (χ0n) is 82.4. The van der Waals surface area contributed by atoms with Crippen molar-refractivity contribution in [2.24, 2.45) is 62.1 Å². The molecule has 0 unspecified atom stereocenters. The van der Waals surface area contributed by atoms with Crippen LogP contribution in [0.25, 0.3) is 0 Å². The van der Waals surface area contributed by atoms with E-state index in [1.165, 1.54) is 20.8 Å². The molecule has 8 heterocycles. The SMILES string of the molecule is CC[C@H](C)[C@H](C[C@H](O)CC(=O)O[C@@H]1[C@H](OC(C)=O)[C@@H](O[C@@H]2O[C@@H](C)[C@H](O[C@@H]3OC[C@@H](O)[C@H](O[C@@H]4OC[C@](O)(CO)[C@H]4O)[C@H]3O)[C@@H](O)[C@H]2O)[C@H](OC(=O)[C@]23CCC(C)(C)C[C@H]2C2=CC[C@@H]4[C@@]5(C)CC[C@H](O[C@@H]6O[C@H](C(=O)O)[C@@H](O)[C@H](O[C@@H]7O[C@@H](C)[C@@H](O)[C@H](O)[C@H]7O)[C@H]6O[C@@H]6O[C@H](CO)[C@H](O)[C@H](O)[C@H]6O)[C@@](C)(C=O)[C@@H]5CC[C@@]4(C)[C@]2(C)C[C@H]3O)O[C@@H]1C)OC(=O)C[C@@H](O)C[C@H](O[C@@H]1O[C@@H](CO)[C@H](O)[C@H]1O)[C@@H](C)CC. The van der Waals surface area contributed by atoms with E-state index in [9.17, 15) is 136 Å². The van der Waals surface area contributed by atoms with E-state index in [0.717, 1.165) is 18.8 Å². The molecule has 0 aromatic carbocycles. The zero-order chi connectivity index (χ0) is 105. The van der Waals surface area contributed by atoms with Gasteiger partial charge in [-0.2, -0.15) is 0 Å². The highest BCUT2D eigenvalue weighted by Gasteiger charge is 2.74. The fraction of sp³-hybridized carbons (Fsp3) is 0.916. The van der Waals surface area contributed by atoms with Crippen molar-refractivity contribution in [2.75, 3.05) is 33.0 Å². The van der Waals surface area contributed by atoms with Gasteiger partial charge in [-0.25, -0.2) is 4.79 Å². The predicted molar refractivity (Wildman–Crippen MR) is 472 cm³/mol. The Bertz CT molecular complexity index is 4270. The van der Waals surface area contributed by atoms with Gasteiger partial charge in [0.1, 0.15) is 145 Å². The van der Waals surface area contributed by atoms with Gasteiger partial charge in [-0.05, 0) is 130 Å². The average molecular weight is 2050 g/mol. The number of rotatable bonds is 36. The normalized spacial score (nSPS) is 48.2. The van der Waals surface area contributed by atoms with Gasteiger partial charge in [-0.3, -0.25) is 19.2 Å². The van der Waals surface area contributed by atoms with Gasteiger partial charge in [0.25, 0.3) is 0 Å². The molecule has 13 aliphatic rings. The lowest BCUT2D eigenvalue weighted by Crippen LogP contribution is -2.69. The maximum absolute atomic E-state index is 16.6. The van der Waals surface area contributed by atoms with Gasteiger partial charge in [0.05, 0.1) is 100 Å². The molecule has 4 saturated carbocycles. The van der Waals surface area contributed by atoms with Crippen LogP contribution in [-0.4, -0.2) is 439 Å². The second kappa shape index (κ2) is 45.5. The van der Waals surface area contributed by atoms with E-state index in [-0.39, 0.29) is 56.8 Å². The van der Waals surface area contributed by atoms with E-state index in [1.807, 2.05) is 27.7 Å². The Balaban J connectivity index is 0.769. The van der Waals surface area contributed by atoms with Crippen LogP contribution >= 0.6 is 0 Å². The molecule has 0 bridgehead atoms. The Morgan fingerprint density at radius 2 is 1.05 bits per heavy atom. The summed E-state index contributed by atoms with van der Waals surface area (Å²) in [5, 5.41) is 245. The highest BCUT2D eigenvalue weighted by atomic mass is 16.8. The fourth-order valence-electron chi connectivity index (χ4n) is 24.7. The van der Waals surface area contributed by atoms with Crippen LogP contribution in [0.2, 0.25) is 0 Å². The summed E-state index contributed by atoms with van der Waals surface area (Å²) >= 11 is 0. The standard InChI is InChI=1S/C95H152O47/c1-15-37(3)48(130-56(105)27-44(102)26-49(38(4)16-2)131-83-64(113)60(109)51(32-97)132-83)25-43(101)28-57(106)135-71-41(7)128-85(77(75(71)129-42(8)100)141-82-67(116)63(112)70(40(6)127-82)136-80-69(118)72(47(103)33-124-80)137-87-78(119)94(123,35-99)36-125-87)142-88(122)95-24-23-89(9,10)29-46(95)45-17-18-53-90(11)21-20-55(91(12,34-98)52(90)19-22-92(53,13)93(45,14)30-54(95)104)134-86-76(140-84-66(115)62(111)59(108)50(31-96)133-84)73(68(117)74(139-86)79(120)121)138-81-65(114)61(110)58(107)39(5)126-81/h17,34,37-41,43-44,46-55,58-78,80-87,96-97,99,101-104,107-119,123H,15-16,18-33,35-36H2,1-14H3,(H,120,121)/t37-,38-,39-,40-,41+,43-,44-,46-,47+,48-,49-,50+,51-,52+,53+,54+,55-,58+,59-,60-,61-,62-,63-,64+,65+,66+,67+,68-,69+,70-,71-,72-,73-,74-,75-,76+,77+,78-,80-,81-,82-,83+,84-,85-,86+,87-,90-,91-,92+,93+,94+,95+/m0/s1. The molecule has 8 saturated heterocycles. The highest BCUT2D eigenvalue weighted by Crippen LogP contribution is 2.76. The summed E-state index contributed by atoms with van der Waals surface area (Å²) in [7, 11) is 0. The Hall–Kier alpha value is -4.68. The number of hydrogen-bond acceptors (Lipinski definition) is 46. The molecule has 47 nitrogen and oxygen atoms in total. The molecule has 0 aromatic rings. The number of carbonyl (C=O) groups is 6. The smallest absolute Gasteiger partial charge is 0.335 e. The van der Waals surface area contributed by atoms with Crippen molar-refractivity contribution in [2.45, 2.75) is 451 Å². The number of aliphatic hydroxyl groups excluding tert-OH is 20. The van der Waals surface area contributed by atoms with Crippen molar-refractivity contribution in [1.82, 2.24) is 0 Å². The van der Waals surface area contributed by atoms with Gasteiger partial charge in [-0.15, -0.1) is 0 Å². The van der Waals surface area contributed by atoms with Gasteiger partial charge < -0.3 is 207 Å². The Labute approximate surface area is 821 Å². The maximum atomic E-state index is 16.6. The first-order valence-electron chi connectivity index (χ1n) is 49.6. The summed E-state index contributed by atoms with van der Waals surface area (Å²) in [5.41, 5.74) is -7.88. The second-order valence-electron chi connectivity index (χ2n) is 43.6. The van der Waals surface area contributed by atoms with Crippen LogP contribution in [0.1, 0.15) is 193 Å². The quantitative estimate of drug-likeness (QED) is 0.00921. The third kappa shape index (κ3) is 22.2. The van der Waals surface area contributed by atoms with E-state index in [4.69, 9.17) is 90.0 Å². The minimum absolute atomic E-state index is 0.0111. The number of hydrogen-bond donors (Lipinski definition) is 22. The third-order valence-electron chi connectivity index (χ3n) is 33.9. The number of aliphatic carboxylic acids is 1. The van der Waals surface area contributed by atoms with Crippen LogP contribution in [0.15, 0.2) is 11.6 Å². The molecule has 0 spiro atoms. The highest BCUT2D eigenvalue weighted by molar-refractivity contribution is 5.80. The van der Waals surface area contributed by atoms with E-state index in [2.05, 4.69) is 19.9 Å². The fourth-order valence-corrected chi connectivity index (χ4v) is 24.7. The van der Waals surface area contributed by atoms with E-state index >= 15 is 4.79 Å². The average Bonchev–Trinajstić information content (AvgIpc) is 0.893. The number of carboxylic acids is 1. The molecular weight excluding hydrogens is 1890 g/mol. The number of esters is 4. The number of ether oxygens (including phenoxy) is 19. The van der Waals surface area contributed by atoms with Crippen LogP contribution in [0.5, 0.6) is 0 Å². The van der Waals surface area contributed by atoms with Gasteiger partial charge in [0, 0.05) is 19.8 Å². The van der Waals surface area contributed by atoms with Gasteiger partial charge in [0.15, 0.2) is 68.4 Å². The molecule has 8 aliphatic heterocycles. The van der Waals surface area contributed by atoms with Crippen LogP contribution in [-0.2, 0) is 119 Å². The molecule has 52 atom stereocenters. The van der Waals surface area contributed by atoms with Crippen molar-refractivity contribution < 1.29 is 231 Å². The maximum Gasteiger partial charge on any atom is 0.335 e. The molecular formula is C95H152O47. The lowest BCUT2D eigenvalue weighted by Gasteiger charge is -2.71. The molecule has 22 N–H and O–H groups in total. The van der Waals surface area contributed by atoms with Crippen molar-refractivity contribution in [3.05, 3.63) is 11.6 Å². The minimum Gasteiger partial charge on any atom is -0.479 e. The monoisotopic (exact) mass is 2040 g/mol. The van der Waals surface area contributed by atoms with E-state index in [1.54, 1.807) is 27.7 Å². The number of carbonyl (C=O) groups excluding carboxylic acids is 5. The van der Waals surface area contributed by atoms with Gasteiger partial charge in [-0.1, -0.05) is 93.7 Å². The van der Waals surface area contributed by atoms with Crippen molar-refractivity contribution in [1.29, 1.82) is 0 Å². The van der Waals surface area contributed by atoms with Gasteiger partial charge >= 0.3 is 29.8 Å².